The van der Waals surface area contributed by atoms with E-state index in [1.165, 1.54) is 0 Å². The highest BCUT2D eigenvalue weighted by Gasteiger charge is 2.49. The largest absolute Gasteiger partial charge is 0.501 e. The molecule has 1 aliphatic heterocycles. The number of benzene rings is 3. The number of carbonyl (C=O) groups is 2. The molecular formula is C22H17NO4. The Bertz CT molecular complexity index is 1080. The van der Waals surface area contributed by atoms with Gasteiger partial charge in [-0.05, 0) is 29.8 Å². The Labute approximate surface area is 155 Å². The Kier molecular flexibility index (Phi) is 3.92. The van der Waals surface area contributed by atoms with Gasteiger partial charge in [-0.1, -0.05) is 60.7 Å². The average Bonchev–Trinajstić information content (AvgIpc) is 2.92. The summed E-state index contributed by atoms with van der Waals surface area (Å²) in [5.41, 5.74) is -0.404. The van der Waals surface area contributed by atoms with Crippen molar-refractivity contribution in [1.29, 1.82) is 0 Å². The third kappa shape index (κ3) is 2.73. The number of hydrogen-bond acceptors (Lipinski definition) is 4. The van der Waals surface area contributed by atoms with Crippen LogP contribution in [0.2, 0.25) is 0 Å². The molecule has 4 rings (SSSR count). The standard InChI is InChI=1S/C22H17NO4/c1-22(17-13-7-11-14-8-5-6-12-16(14)17)19(25)18(24)21(27-22)23-20(26)15-9-3-2-4-10-15/h2-13,24H,1H3,(H,23,26). The van der Waals surface area contributed by atoms with Gasteiger partial charge in [0.2, 0.25) is 11.6 Å². The lowest BCUT2D eigenvalue weighted by Crippen LogP contribution is -2.32. The van der Waals surface area contributed by atoms with E-state index in [0.29, 0.717) is 11.1 Å². The van der Waals surface area contributed by atoms with E-state index in [-0.39, 0.29) is 5.88 Å². The predicted molar refractivity (Wildman–Crippen MR) is 101 cm³/mol. The highest BCUT2D eigenvalue weighted by molar-refractivity contribution is 6.06. The number of fused-ring (bicyclic) bond motifs is 1. The van der Waals surface area contributed by atoms with Gasteiger partial charge in [0.25, 0.3) is 11.7 Å². The van der Waals surface area contributed by atoms with E-state index in [1.54, 1.807) is 43.3 Å². The number of ketones is 1. The topological polar surface area (TPSA) is 75.6 Å². The van der Waals surface area contributed by atoms with Crippen LogP contribution in [0.5, 0.6) is 0 Å². The van der Waals surface area contributed by atoms with Gasteiger partial charge >= 0.3 is 0 Å². The minimum absolute atomic E-state index is 0.232. The molecule has 0 saturated heterocycles. The molecule has 0 spiro atoms. The van der Waals surface area contributed by atoms with Gasteiger partial charge in [0, 0.05) is 11.1 Å². The van der Waals surface area contributed by atoms with Crippen LogP contribution >= 0.6 is 0 Å². The summed E-state index contributed by atoms with van der Waals surface area (Å²) in [5, 5.41) is 14.6. The van der Waals surface area contributed by atoms with Crippen LogP contribution in [-0.4, -0.2) is 16.8 Å². The van der Waals surface area contributed by atoms with E-state index in [9.17, 15) is 14.7 Å². The van der Waals surface area contributed by atoms with Crippen molar-refractivity contribution in [3.63, 3.8) is 0 Å². The molecule has 5 nitrogen and oxygen atoms in total. The van der Waals surface area contributed by atoms with E-state index in [1.807, 2.05) is 36.4 Å². The summed E-state index contributed by atoms with van der Waals surface area (Å²) in [6.07, 6.45) is 0. The Balaban J connectivity index is 1.69. The molecule has 0 aliphatic carbocycles. The Hall–Kier alpha value is -3.60. The zero-order valence-electron chi connectivity index (χ0n) is 14.6. The number of hydrogen-bond donors (Lipinski definition) is 2. The molecule has 1 amide bonds. The number of carbonyl (C=O) groups excluding carboxylic acids is 2. The lowest BCUT2D eigenvalue weighted by atomic mass is 9.88. The number of aliphatic hydroxyl groups excluding tert-OH is 1. The first-order valence-corrected chi connectivity index (χ1v) is 8.52. The molecule has 1 atom stereocenters. The van der Waals surface area contributed by atoms with Crippen LogP contribution in [0.15, 0.2) is 84.4 Å². The molecule has 0 radical (unpaired) electrons. The number of amides is 1. The van der Waals surface area contributed by atoms with Crippen LogP contribution in [0.25, 0.3) is 10.8 Å². The second-order valence-corrected chi connectivity index (χ2v) is 6.49. The maximum Gasteiger partial charge on any atom is 0.258 e. The number of aliphatic hydroxyl groups is 1. The highest BCUT2D eigenvalue weighted by atomic mass is 16.5. The van der Waals surface area contributed by atoms with Gasteiger partial charge in [-0.2, -0.15) is 0 Å². The van der Waals surface area contributed by atoms with E-state index in [4.69, 9.17) is 4.74 Å². The highest BCUT2D eigenvalue weighted by Crippen LogP contribution is 2.40. The van der Waals surface area contributed by atoms with Crippen LogP contribution in [0.1, 0.15) is 22.8 Å². The number of rotatable bonds is 3. The summed E-state index contributed by atoms with van der Waals surface area (Å²) in [7, 11) is 0. The van der Waals surface area contributed by atoms with Crippen LogP contribution in [-0.2, 0) is 15.1 Å². The SMILES string of the molecule is CC1(c2cccc3ccccc23)OC(NC(=O)c2ccccc2)=C(O)C1=O. The number of nitrogens with one attached hydrogen (secondary N) is 1. The minimum atomic E-state index is -1.43. The molecule has 134 valence electrons. The van der Waals surface area contributed by atoms with E-state index >= 15 is 0 Å². The summed E-state index contributed by atoms with van der Waals surface area (Å²) in [4.78, 5) is 25.2. The number of Topliss-reactive ketones (excluding diaryl/α,β-unsaturated/α-hetero) is 1. The Morgan fingerprint density at radius 2 is 1.63 bits per heavy atom. The lowest BCUT2D eigenvalue weighted by Gasteiger charge is -2.25. The first-order valence-electron chi connectivity index (χ1n) is 8.52. The summed E-state index contributed by atoms with van der Waals surface area (Å²) in [6, 6.07) is 21.7. The third-order valence-corrected chi connectivity index (χ3v) is 4.74. The first-order chi connectivity index (χ1) is 13.0. The monoisotopic (exact) mass is 359 g/mol. The fourth-order valence-corrected chi connectivity index (χ4v) is 3.30. The van der Waals surface area contributed by atoms with Crippen molar-refractivity contribution in [2.24, 2.45) is 0 Å². The molecule has 1 unspecified atom stereocenters. The van der Waals surface area contributed by atoms with E-state index < -0.39 is 23.1 Å². The van der Waals surface area contributed by atoms with Crippen LogP contribution in [0, 0.1) is 0 Å². The molecule has 0 aromatic heterocycles. The van der Waals surface area contributed by atoms with Crippen molar-refractivity contribution >= 4 is 22.5 Å². The van der Waals surface area contributed by atoms with Crippen molar-refractivity contribution in [1.82, 2.24) is 5.32 Å². The van der Waals surface area contributed by atoms with Gasteiger partial charge in [-0.25, -0.2) is 0 Å². The van der Waals surface area contributed by atoms with Crippen LogP contribution in [0.4, 0.5) is 0 Å². The summed E-state index contributed by atoms with van der Waals surface area (Å²) < 4.78 is 5.81. The maximum atomic E-state index is 12.8. The summed E-state index contributed by atoms with van der Waals surface area (Å²) in [5.74, 6) is -1.88. The third-order valence-electron chi connectivity index (χ3n) is 4.74. The van der Waals surface area contributed by atoms with E-state index in [2.05, 4.69) is 5.32 Å². The second kappa shape index (κ2) is 6.29. The predicted octanol–water partition coefficient (Wildman–Crippen LogP) is 3.81. The molecule has 5 heteroatoms. The van der Waals surface area contributed by atoms with Gasteiger partial charge in [-0.15, -0.1) is 0 Å². The first kappa shape index (κ1) is 16.8. The Morgan fingerprint density at radius 1 is 0.963 bits per heavy atom. The molecule has 0 saturated carbocycles. The van der Waals surface area contributed by atoms with Crippen molar-refractivity contribution in [3.05, 3.63) is 95.6 Å². The summed E-state index contributed by atoms with van der Waals surface area (Å²) in [6.45, 7) is 1.59. The maximum absolute atomic E-state index is 12.8. The Morgan fingerprint density at radius 3 is 2.41 bits per heavy atom. The van der Waals surface area contributed by atoms with Gasteiger partial charge in [0.05, 0.1) is 0 Å². The van der Waals surface area contributed by atoms with Crippen LogP contribution in [0.3, 0.4) is 0 Å². The van der Waals surface area contributed by atoms with Gasteiger partial charge in [0.1, 0.15) is 0 Å². The molecule has 2 N–H and O–H groups in total. The fourth-order valence-electron chi connectivity index (χ4n) is 3.30. The van der Waals surface area contributed by atoms with Gasteiger partial charge < -0.3 is 9.84 Å². The van der Waals surface area contributed by atoms with Gasteiger partial charge in [0.15, 0.2) is 5.60 Å². The van der Waals surface area contributed by atoms with Crippen molar-refractivity contribution in [2.45, 2.75) is 12.5 Å². The van der Waals surface area contributed by atoms with E-state index in [0.717, 1.165) is 10.8 Å². The molecular weight excluding hydrogens is 342 g/mol. The minimum Gasteiger partial charge on any atom is -0.501 e. The zero-order chi connectivity index (χ0) is 19.0. The molecule has 0 bridgehead atoms. The molecule has 27 heavy (non-hydrogen) atoms. The van der Waals surface area contributed by atoms with Crippen molar-refractivity contribution < 1.29 is 19.4 Å². The molecule has 1 aliphatic rings. The summed E-state index contributed by atoms with van der Waals surface area (Å²) >= 11 is 0. The zero-order valence-corrected chi connectivity index (χ0v) is 14.6. The molecule has 0 fully saturated rings. The molecule has 3 aromatic rings. The second-order valence-electron chi connectivity index (χ2n) is 6.49. The smallest absolute Gasteiger partial charge is 0.258 e. The van der Waals surface area contributed by atoms with Gasteiger partial charge in [-0.3, -0.25) is 14.9 Å². The number of ether oxygens (including phenoxy) is 1. The quantitative estimate of drug-likeness (QED) is 0.746. The fraction of sp³-hybridized carbons (Fsp3) is 0.0909. The average molecular weight is 359 g/mol. The molecule has 1 heterocycles. The normalized spacial score (nSPS) is 19.2. The lowest BCUT2D eigenvalue weighted by molar-refractivity contribution is -0.131. The van der Waals surface area contributed by atoms with Crippen LogP contribution < -0.4 is 5.32 Å². The van der Waals surface area contributed by atoms with Crippen molar-refractivity contribution in [2.75, 3.05) is 0 Å². The van der Waals surface area contributed by atoms with Crippen molar-refractivity contribution in [3.8, 4) is 0 Å². The molecule has 3 aromatic carbocycles.